The first-order valence-corrected chi connectivity index (χ1v) is 7.99. The fourth-order valence-corrected chi connectivity index (χ4v) is 2.72. The van der Waals surface area contributed by atoms with Crippen LogP contribution in [0.1, 0.15) is 0 Å². The summed E-state index contributed by atoms with van der Waals surface area (Å²) in [4.78, 5) is 0. The van der Waals surface area contributed by atoms with Crippen LogP contribution in [-0.4, -0.2) is 5.16 Å². The molecule has 3 rings (SSSR count). The highest BCUT2D eigenvalue weighted by Crippen LogP contribution is 2.38. The number of hydrogen-bond acceptors (Lipinski definition) is 3. The van der Waals surface area contributed by atoms with E-state index >= 15 is 0 Å². The summed E-state index contributed by atoms with van der Waals surface area (Å²) in [6, 6.07) is 13.4. The van der Waals surface area contributed by atoms with E-state index in [1.807, 2.05) is 42.5 Å². The van der Waals surface area contributed by atoms with Crippen LogP contribution in [0.4, 0.5) is 5.82 Å². The van der Waals surface area contributed by atoms with Gasteiger partial charge in [-0.2, -0.15) is 0 Å². The molecule has 0 aliphatic heterocycles. The lowest BCUT2D eigenvalue weighted by Crippen LogP contribution is -1.89. The van der Waals surface area contributed by atoms with Crippen molar-refractivity contribution in [1.29, 1.82) is 0 Å². The van der Waals surface area contributed by atoms with Gasteiger partial charge in [0.1, 0.15) is 0 Å². The SMILES string of the molecule is Nc1noc(-c2ccc(Br)c(Cl)c2)c1-c1ccc(Br)cc1. The van der Waals surface area contributed by atoms with Crippen molar-refractivity contribution in [2.24, 2.45) is 0 Å². The molecule has 2 aromatic carbocycles. The van der Waals surface area contributed by atoms with Crippen molar-refractivity contribution in [2.75, 3.05) is 5.73 Å². The van der Waals surface area contributed by atoms with Crippen LogP contribution in [0.3, 0.4) is 0 Å². The topological polar surface area (TPSA) is 52.0 Å². The van der Waals surface area contributed by atoms with Crippen molar-refractivity contribution < 1.29 is 4.52 Å². The highest BCUT2D eigenvalue weighted by atomic mass is 79.9. The van der Waals surface area contributed by atoms with Crippen LogP contribution >= 0.6 is 43.5 Å². The molecule has 2 N–H and O–H groups in total. The van der Waals surface area contributed by atoms with Crippen molar-refractivity contribution in [3.8, 4) is 22.5 Å². The summed E-state index contributed by atoms with van der Waals surface area (Å²) in [6.45, 7) is 0. The summed E-state index contributed by atoms with van der Waals surface area (Å²) >= 11 is 12.9. The van der Waals surface area contributed by atoms with Gasteiger partial charge in [0.2, 0.25) is 0 Å². The molecule has 0 saturated heterocycles. The number of nitrogens with two attached hydrogens (primary N) is 1. The monoisotopic (exact) mass is 426 g/mol. The Morgan fingerprint density at radius 1 is 1.00 bits per heavy atom. The Bertz CT molecular complexity index is 800. The summed E-state index contributed by atoms with van der Waals surface area (Å²) in [5.74, 6) is 0.954. The molecule has 0 bridgehead atoms. The predicted molar refractivity (Wildman–Crippen MR) is 92.2 cm³/mol. The fourth-order valence-electron chi connectivity index (χ4n) is 2.03. The zero-order valence-corrected chi connectivity index (χ0v) is 14.5. The zero-order valence-electron chi connectivity index (χ0n) is 10.6. The molecule has 0 aliphatic rings. The number of rotatable bonds is 2. The second-order valence-corrected chi connectivity index (χ2v) is 6.58. The highest BCUT2D eigenvalue weighted by molar-refractivity contribution is 9.10. The van der Waals surface area contributed by atoms with Gasteiger partial charge in [-0.15, -0.1) is 0 Å². The molecular formula is C15H9Br2ClN2O. The summed E-state index contributed by atoms with van der Waals surface area (Å²) in [7, 11) is 0. The number of hydrogen-bond donors (Lipinski definition) is 1. The summed E-state index contributed by atoms with van der Waals surface area (Å²) in [5, 5.41) is 4.48. The lowest BCUT2D eigenvalue weighted by atomic mass is 10.0. The van der Waals surface area contributed by atoms with E-state index in [-0.39, 0.29) is 0 Å². The van der Waals surface area contributed by atoms with Gasteiger partial charge in [-0.3, -0.25) is 0 Å². The second kappa shape index (κ2) is 5.83. The van der Waals surface area contributed by atoms with E-state index in [2.05, 4.69) is 37.0 Å². The van der Waals surface area contributed by atoms with Crippen LogP contribution in [0.2, 0.25) is 5.02 Å². The first kappa shape index (κ1) is 14.6. The van der Waals surface area contributed by atoms with Gasteiger partial charge in [0.25, 0.3) is 0 Å². The predicted octanol–water partition coefficient (Wildman–Crippen LogP) is 5.77. The van der Waals surface area contributed by atoms with Crippen molar-refractivity contribution in [3.63, 3.8) is 0 Å². The van der Waals surface area contributed by atoms with Gasteiger partial charge < -0.3 is 10.3 Å². The fraction of sp³-hybridized carbons (Fsp3) is 0. The second-order valence-electron chi connectivity index (χ2n) is 4.41. The Morgan fingerprint density at radius 2 is 1.67 bits per heavy atom. The minimum Gasteiger partial charge on any atom is -0.380 e. The lowest BCUT2D eigenvalue weighted by molar-refractivity contribution is 0.436. The minimum absolute atomic E-state index is 0.353. The Morgan fingerprint density at radius 3 is 2.33 bits per heavy atom. The van der Waals surface area contributed by atoms with E-state index in [1.165, 1.54) is 0 Å². The average molecular weight is 429 g/mol. The molecule has 0 amide bonds. The van der Waals surface area contributed by atoms with Gasteiger partial charge >= 0.3 is 0 Å². The third kappa shape index (κ3) is 2.86. The molecule has 3 nitrogen and oxygen atoms in total. The average Bonchev–Trinajstić information content (AvgIpc) is 2.85. The van der Waals surface area contributed by atoms with Gasteiger partial charge in [0.05, 0.1) is 10.6 Å². The van der Waals surface area contributed by atoms with Crippen LogP contribution in [0.5, 0.6) is 0 Å². The van der Waals surface area contributed by atoms with Crippen molar-refractivity contribution in [1.82, 2.24) is 5.16 Å². The molecular weight excluding hydrogens is 419 g/mol. The number of aromatic nitrogens is 1. The van der Waals surface area contributed by atoms with E-state index in [1.54, 1.807) is 0 Å². The largest absolute Gasteiger partial charge is 0.380 e. The van der Waals surface area contributed by atoms with E-state index < -0.39 is 0 Å². The van der Waals surface area contributed by atoms with Gasteiger partial charge in [0.15, 0.2) is 11.6 Å². The number of anilines is 1. The number of nitrogens with zero attached hydrogens (tertiary/aromatic N) is 1. The van der Waals surface area contributed by atoms with E-state index in [4.69, 9.17) is 21.9 Å². The third-order valence-corrected chi connectivity index (χ3v) is 4.79. The molecule has 0 radical (unpaired) electrons. The van der Waals surface area contributed by atoms with Gasteiger partial charge in [0, 0.05) is 14.5 Å². The van der Waals surface area contributed by atoms with Crippen LogP contribution in [0, 0.1) is 0 Å². The maximum Gasteiger partial charge on any atom is 0.176 e. The molecule has 21 heavy (non-hydrogen) atoms. The molecule has 0 saturated carbocycles. The molecule has 0 unspecified atom stereocenters. The first-order valence-electron chi connectivity index (χ1n) is 6.03. The summed E-state index contributed by atoms with van der Waals surface area (Å²) in [6.07, 6.45) is 0. The van der Waals surface area contributed by atoms with Crippen molar-refractivity contribution in [3.05, 3.63) is 56.4 Å². The van der Waals surface area contributed by atoms with Crippen LogP contribution in [0.15, 0.2) is 55.9 Å². The van der Waals surface area contributed by atoms with E-state index in [0.29, 0.717) is 16.6 Å². The van der Waals surface area contributed by atoms with Gasteiger partial charge in [-0.05, 0) is 51.8 Å². The Balaban J connectivity index is 2.16. The van der Waals surface area contributed by atoms with Crippen molar-refractivity contribution in [2.45, 2.75) is 0 Å². The lowest BCUT2D eigenvalue weighted by Gasteiger charge is -2.04. The summed E-state index contributed by atoms with van der Waals surface area (Å²) in [5.41, 5.74) is 8.48. The van der Waals surface area contributed by atoms with Crippen molar-refractivity contribution >= 4 is 49.3 Å². The Hall–Kier alpha value is -1.30. The normalized spacial score (nSPS) is 10.8. The maximum absolute atomic E-state index is 6.14. The van der Waals surface area contributed by atoms with E-state index in [9.17, 15) is 0 Å². The quantitative estimate of drug-likeness (QED) is 0.564. The van der Waals surface area contributed by atoms with Crippen LogP contribution < -0.4 is 5.73 Å². The third-order valence-electron chi connectivity index (χ3n) is 3.03. The molecule has 1 aromatic heterocycles. The smallest absolute Gasteiger partial charge is 0.176 e. The molecule has 0 atom stereocenters. The van der Waals surface area contributed by atoms with Crippen LogP contribution in [0.25, 0.3) is 22.5 Å². The molecule has 6 heteroatoms. The maximum atomic E-state index is 6.14. The van der Waals surface area contributed by atoms with Crippen LogP contribution in [-0.2, 0) is 0 Å². The molecule has 0 spiro atoms. The minimum atomic E-state index is 0.353. The molecule has 1 heterocycles. The molecule has 0 aliphatic carbocycles. The van der Waals surface area contributed by atoms with Gasteiger partial charge in [-0.25, -0.2) is 0 Å². The van der Waals surface area contributed by atoms with Gasteiger partial charge in [-0.1, -0.05) is 44.8 Å². The molecule has 106 valence electrons. The molecule has 0 fully saturated rings. The number of nitrogen functional groups attached to an aromatic ring is 1. The Labute approximate surface area is 143 Å². The first-order chi connectivity index (χ1) is 10.1. The number of halogens is 3. The highest BCUT2D eigenvalue weighted by Gasteiger charge is 2.18. The Kier molecular flexibility index (Phi) is 4.06. The summed E-state index contributed by atoms with van der Waals surface area (Å²) < 4.78 is 7.22. The zero-order chi connectivity index (χ0) is 15.0. The standard InChI is InChI=1S/C15H9Br2ClN2O/c16-10-4-1-8(2-5-10)13-14(21-20-15(13)19)9-3-6-11(17)12(18)7-9/h1-7H,(H2,19,20). The number of benzene rings is 2. The molecule has 3 aromatic rings. The van der Waals surface area contributed by atoms with E-state index in [0.717, 1.165) is 25.6 Å².